The monoisotopic (exact) mass is 1260 g/mol. The van der Waals surface area contributed by atoms with Crippen LogP contribution in [-0.4, -0.2) is 113 Å². The molecule has 0 spiro atoms. The second kappa shape index (κ2) is 22.8. The summed E-state index contributed by atoms with van der Waals surface area (Å²) in [5.41, 5.74) is 1.92. The summed E-state index contributed by atoms with van der Waals surface area (Å²) in [5, 5.41) is 0.0683. The summed E-state index contributed by atoms with van der Waals surface area (Å²) in [7, 11) is -29.2. The standard InChI is InChI=1S/C55H60N2O20S6/c1-34(58)12-7-6-8-27-56-45-23-21-41-43(30-39(80(65,66)67)32-47(41)82(71,72)73)51(45)54(2,3)49(56)25-15-35-13-11-14-36(53(35)77-37-17-19-38(20-18-37)79(62,63)64)16-26-50-55(4,5)52-44-31-40(81(68,69)70)33-48(83(74,75)76)42(44)22-24-46(52)57(50)28-9-10-29-78(59,60)61/h15-26,30-33H,6-14,27-29H2,1-5H3,(H5-,59,60,61,62,63,64,65,66,67,68,69,70,71,72,73,74,75,76)/p+1. The van der Waals surface area contributed by atoms with E-state index < -0.39 is 102 Å². The Morgan fingerprint density at radius 2 is 1.16 bits per heavy atom. The zero-order chi connectivity index (χ0) is 61.2. The molecule has 0 fully saturated rings. The van der Waals surface area contributed by atoms with E-state index in [0.717, 1.165) is 24.3 Å². The Balaban J connectivity index is 1.33. The van der Waals surface area contributed by atoms with Gasteiger partial charge < -0.3 is 14.4 Å². The molecule has 0 aromatic heterocycles. The molecule has 3 aliphatic rings. The molecule has 0 bridgehead atoms. The van der Waals surface area contributed by atoms with Gasteiger partial charge in [-0.25, -0.2) is 0 Å². The van der Waals surface area contributed by atoms with Crippen molar-refractivity contribution in [1.82, 2.24) is 0 Å². The molecule has 0 saturated heterocycles. The normalized spacial score (nSPS) is 17.8. The lowest BCUT2D eigenvalue weighted by molar-refractivity contribution is -0.438. The maximum atomic E-state index is 12.8. The number of hydrogen-bond acceptors (Lipinski definition) is 15. The molecule has 0 amide bonds. The number of anilines is 1. The molecule has 22 nitrogen and oxygen atoms in total. The first-order valence-electron chi connectivity index (χ1n) is 25.9. The van der Waals surface area contributed by atoms with Crippen LogP contribution >= 0.6 is 0 Å². The van der Waals surface area contributed by atoms with Gasteiger partial charge in [0.1, 0.15) is 33.6 Å². The number of nitrogens with zero attached hydrogens (tertiary/aromatic N) is 2. The van der Waals surface area contributed by atoms with Gasteiger partial charge in [0, 0.05) is 64.7 Å². The predicted molar refractivity (Wildman–Crippen MR) is 308 cm³/mol. The van der Waals surface area contributed by atoms with Crippen LogP contribution in [0.2, 0.25) is 0 Å². The summed E-state index contributed by atoms with van der Waals surface area (Å²) in [6.07, 6.45) is 10.8. The molecule has 6 N–H and O–H groups in total. The number of carbonyl (C=O) groups excluding carboxylic acids is 1. The van der Waals surface area contributed by atoms with E-state index in [-0.39, 0.29) is 52.5 Å². The Hall–Kier alpha value is -6.02. The van der Waals surface area contributed by atoms with E-state index in [1.165, 1.54) is 31.2 Å². The van der Waals surface area contributed by atoms with Gasteiger partial charge in [-0.2, -0.15) is 55.1 Å². The van der Waals surface area contributed by atoms with Gasteiger partial charge in [0.15, 0.2) is 5.71 Å². The number of hydrogen-bond donors (Lipinski definition) is 6. The summed E-state index contributed by atoms with van der Waals surface area (Å²) in [4.78, 5) is 10.3. The maximum absolute atomic E-state index is 12.8. The van der Waals surface area contributed by atoms with Crippen LogP contribution in [0.5, 0.6) is 5.75 Å². The fourth-order valence-corrected chi connectivity index (χ4v) is 15.1. The second-order valence-electron chi connectivity index (χ2n) is 21.6. The highest BCUT2D eigenvalue weighted by atomic mass is 32.2. The highest BCUT2D eigenvalue weighted by molar-refractivity contribution is 7.87. The molecular formula is C55H61N2O20S6+. The van der Waals surface area contributed by atoms with E-state index in [0.29, 0.717) is 114 Å². The highest BCUT2D eigenvalue weighted by Crippen LogP contribution is 2.53. The zero-order valence-corrected chi connectivity index (χ0v) is 50.4. The number of unbranched alkanes of at least 4 members (excludes halogenated alkanes) is 3. The molecule has 0 radical (unpaired) electrons. The molecule has 446 valence electrons. The average molecular weight is 1260 g/mol. The lowest BCUT2D eigenvalue weighted by Gasteiger charge is -2.28. The number of Topliss-reactive ketones (excluding diaryl/α,β-unsaturated/α-hetero) is 1. The van der Waals surface area contributed by atoms with E-state index >= 15 is 0 Å². The minimum Gasteiger partial charge on any atom is -0.457 e. The second-order valence-corrected chi connectivity index (χ2v) is 30.2. The third-order valence-electron chi connectivity index (χ3n) is 15.1. The number of allylic oxidation sites excluding steroid dienone is 7. The van der Waals surface area contributed by atoms with Gasteiger partial charge in [-0.1, -0.05) is 32.4 Å². The smallest absolute Gasteiger partial charge is 0.295 e. The first-order valence-corrected chi connectivity index (χ1v) is 34.7. The van der Waals surface area contributed by atoms with Gasteiger partial charge in [0.05, 0.1) is 25.9 Å². The first kappa shape index (κ1) is 63.0. The first-order chi connectivity index (χ1) is 38.3. The van der Waals surface area contributed by atoms with Crippen LogP contribution in [-0.2, 0) is 76.3 Å². The van der Waals surface area contributed by atoms with E-state index in [1.807, 2.05) is 35.5 Å². The highest BCUT2D eigenvalue weighted by Gasteiger charge is 2.47. The molecule has 28 heteroatoms. The van der Waals surface area contributed by atoms with Crippen molar-refractivity contribution >= 4 is 105 Å². The predicted octanol–water partition coefficient (Wildman–Crippen LogP) is 9.10. The zero-order valence-electron chi connectivity index (χ0n) is 45.5. The van der Waals surface area contributed by atoms with Gasteiger partial charge in [0.2, 0.25) is 5.69 Å². The lowest BCUT2D eigenvalue weighted by atomic mass is 9.78. The SMILES string of the molecule is CC(=O)CCCCCN1/C(=C\C=C2/CCCC(/C=C/C3=[N+](CCCCS(=O)(=O)O)c4ccc5c(S(=O)(=O)O)cc(S(=O)(=O)O)cc5c4C3(C)C)=C2Oc2ccc(S(=O)(=O)O)cc2)C(C)(C)c2c1ccc1c(S(=O)(=O)O)cc(S(=O)(=O)O)cc21. The number of benzene rings is 5. The fraction of sp³-hybridized carbons (Fsp3) is 0.345. The van der Waals surface area contributed by atoms with Crippen LogP contribution in [0.15, 0.2) is 144 Å². The van der Waals surface area contributed by atoms with Crippen molar-refractivity contribution in [3.8, 4) is 5.75 Å². The minimum absolute atomic E-state index is 0.00523. The van der Waals surface area contributed by atoms with Crippen LogP contribution in [0.25, 0.3) is 21.5 Å². The van der Waals surface area contributed by atoms with E-state index in [4.69, 9.17) is 4.74 Å². The molecule has 2 heterocycles. The number of ether oxygens (including phenoxy) is 1. The van der Waals surface area contributed by atoms with Crippen LogP contribution in [0.1, 0.15) is 104 Å². The summed E-state index contributed by atoms with van der Waals surface area (Å²) in [6.45, 7) is 9.17. The molecule has 0 atom stereocenters. The molecule has 8 rings (SSSR count). The van der Waals surface area contributed by atoms with Gasteiger partial charge in [0.25, 0.3) is 60.7 Å². The van der Waals surface area contributed by atoms with Crippen LogP contribution < -0.4 is 9.64 Å². The molecule has 2 aliphatic heterocycles. The quantitative estimate of drug-likeness (QED) is 0.0226. The van der Waals surface area contributed by atoms with E-state index in [1.54, 1.807) is 38.1 Å². The third kappa shape index (κ3) is 13.4. The minimum atomic E-state index is -5.09. The van der Waals surface area contributed by atoms with Crippen molar-refractivity contribution in [3.05, 3.63) is 131 Å². The van der Waals surface area contributed by atoms with Crippen LogP contribution in [0.3, 0.4) is 0 Å². The van der Waals surface area contributed by atoms with Crippen molar-refractivity contribution in [2.75, 3.05) is 23.7 Å². The van der Waals surface area contributed by atoms with Crippen molar-refractivity contribution < 1.29 is 91.9 Å². The van der Waals surface area contributed by atoms with Gasteiger partial charge >= 0.3 is 0 Å². The van der Waals surface area contributed by atoms with Crippen molar-refractivity contribution in [2.24, 2.45) is 0 Å². The average Bonchev–Trinajstić information content (AvgIpc) is 2.55. The number of rotatable bonds is 21. The Kier molecular flexibility index (Phi) is 17.3. The molecule has 0 saturated carbocycles. The van der Waals surface area contributed by atoms with Gasteiger partial charge in [-0.05, 0) is 160 Å². The van der Waals surface area contributed by atoms with E-state index in [2.05, 4.69) is 0 Å². The fourth-order valence-electron chi connectivity index (χ4n) is 11.4. The molecule has 0 unspecified atom stereocenters. The van der Waals surface area contributed by atoms with Gasteiger partial charge in [-0.15, -0.1) is 0 Å². The lowest BCUT2D eigenvalue weighted by Crippen LogP contribution is -2.28. The topological polar surface area (TPSA) is 359 Å². The Morgan fingerprint density at radius 1 is 0.590 bits per heavy atom. The van der Waals surface area contributed by atoms with Crippen molar-refractivity contribution in [1.29, 1.82) is 0 Å². The van der Waals surface area contributed by atoms with Crippen molar-refractivity contribution in [2.45, 2.75) is 128 Å². The summed E-state index contributed by atoms with van der Waals surface area (Å²) >= 11 is 0. The summed E-state index contributed by atoms with van der Waals surface area (Å²) in [6, 6.07) is 14.5. The molecule has 1 aliphatic carbocycles. The molecule has 5 aromatic carbocycles. The Labute approximate surface area is 482 Å². The van der Waals surface area contributed by atoms with Crippen LogP contribution in [0, 0.1) is 0 Å². The molecule has 5 aromatic rings. The summed E-state index contributed by atoms with van der Waals surface area (Å²) in [5.74, 6) is -0.106. The third-order valence-corrected chi connectivity index (χ3v) is 20.2. The van der Waals surface area contributed by atoms with Gasteiger partial charge in [-0.3, -0.25) is 27.3 Å². The van der Waals surface area contributed by atoms with E-state index in [9.17, 15) is 82.6 Å². The Bertz CT molecular complexity index is 4430. The number of ketones is 1. The maximum Gasteiger partial charge on any atom is 0.295 e. The number of carbonyl (C=O) groups is 1. The number of fused-ring (bicyclic) bond motifs is 6. The molecular weight excluding hydrogens is 1200 g/mol. The van der Waals surface area contributed by atoms with Crippen LogP contribution in [0.4, 0.5) is 11.4 Å². The Morgan fingerprint density at radius 3 is 1.70 bits per heavy atom. The molecule has 83 heavy (non-hydrogen) atoms. The summed E-state index contributed by atoms with van der Waals surface area (Å²) < 4.78 is 218. The van der Waals surface area contributed by atoms with Crippen molar-refractivity contribution in [3.63, 3.8) is 0 Å². The largest absolute Gasteiger partial charge is 0.457 e.